The third-order valence-electron chi connectivity index (χ3n) is 7.50. The molecule has 4 nitrogen and oxygen atoms in total. The van der Waals surface area contributed by atoms with Gasteiger partial charge in [-0.2, -0.15) is 0 Å². The second kappa shape index (κ2) is 11.2. The van der Waals surface area contributed by atoms with Crippen LogP contribution >= 0.6 is 0 Å². The summed E-state index contributed by atoms with van der Waals surface area (Å²) in [6.07, 6.45) is 4.19. The fourth-order valence-electron chi connectivity index (χ4n) is 6.20. The van der Waals surface area contributed by atoms with E-state index in [4.69, 9.17) is 10.2 Å². The van der Waals surface area contributed by atoms with Crippen molar-refractivity contribution in [1.29, 1.82) is 0 Å². The van der Waals surface area contributed by atoms with Gasteiger partial charge in [-0.1, -0.05) is 69.3 Å². The molecular formula is C34H38O4. The predicted molar refractivity (Wildman–Crippen MR) is 153 cm³/mol. The van der Waals surface area contributed by atoms with Crippen molar-refractivity contribution in [3.63, 3.8) is 0 Å². The highest BCUT2D eigenvalue weighted by atomic mass is 16.3. The lowest BCUT2D eigenvalue weighted by atomic mass is 9.55. The average Bonchev–Trinajstić information content (AvgIpc) is 2.87. The molecule has 5 rings (SSSR count). The Morgan fingerprint density at radius 3 is 1.24 bits per heavy atom. The first-order valence-corrected chi connectivity index (χ1v) is 13.2. The molecule has 0 radical (unpaired) electrons. The lowest BCUT2D eigenvalue weighted by molar-refractivity contribution is 0.127. The normalized spacial score (nSPS) is 17.7. The van der Waals surface area contributed by atoms with Gasteiger partial charge in [0.1, 0.15) is 23.0 Å². The number of hydrogen-bond acceptors (Lipinski definition) is 4. The summed E-state index contributed by atoms with van der Waals surface area (Å²) in [5.74, 6) is 1.80. The van der Waals surface area contributed by atoms with Gasteiger partial charge in [0.05, 0.1) is 0 Å². The molecule has 4 aromatic carbocycles. The zero-order chi connectivity index (χ0) is 27.3. The van der Waals surface area contributed by atoms with Gasteiger partial charge in [0, 0.05) is 5.41 Å². The molecule has 1 saturated carbocycles. The number of aromatic hydroxyl groups is 4. The van der Waals surface area contributed by atoms with E-state index in [1.54, 1.807) is 48.5 Å². The fourth-order valence-corrected chi connectivity index (χ4v) is 6.20. The highest BCUT2D eigenvalue weighted by Gasteiger charge is 2.45. The van der Waals surface area contributed by atoms with Gasteiger partial charge in [-0.3, -0.25) is 0 Å². The molecule has 4 aromatic rings. The maximum absolute atomic E-state index is 9.67. The summed E-state index contributed by atoms with van der Waals surface area (Å²) in [5, 5.41) is 37.6. The Bertz CT molecular complexity index is 1220. The lowest BCUT2D eigenvalue weighted by Gasteiger charge is -2.48. The molecule has 0 heterocycles. The van der Waals surface area contributed by atoms with Crippen LogP contribution in [-0.2, 0) is 11.8 Å². The smallest absolute Gasteiger partial charge is 0.115 e. The highest BCUT2D eigenvalue weighted by Crippen LogP contribution is 2.53. The molecule has 0 amide bonds. The summed E-state index contributed by atoms with van der Waals surface area (Å²) in [6.45, 7) is 7.02. The third kappa shape index (κ3) is 6.69. The molecule has 1 unspecified atom stereocenters. The summed E-state index contributed by atoms with van der Waals surface area (Å²) in [6, 6.07) is 29.6. The Labute approximate surface area is 225 Å². The number of phenolic OH excluding ortho intramolecular Hbond substituents is 4. The first-order chi connectivity index (χ1) is 18.0. The van der Waals surface area contributed by atoms with Crippen LogP contribution in [0.3, 0.4) is 0 Å². The van der Waals surface area contributed by atoms with E-state index in [0.717, 1.165) is 30.4 Å². The van der Waals surface area contributed by atoms with E-state index >= 15 is 0 Å². The Kier molecular flexibility index (Phi) is 8.01. The highest BCUT2D eigenvalue weighted by molar-refractivity contribution is 5.44. The number of hydrogen-bond donors (Lipinski definition) is 4. The second-order valence-electron chi connectivity index (χ2n) is 11.5. The van der Waals surface area contributed by atoms with Crippen LogP contribution < -0.4 is 0 Å². The topological polar surface area (TPSA) is 80.9 Å². The van der Waals surface area contributed by atoms with Crippen LogP contribution in [0.1, 0.15) is 62.3 Å². The molecule has 0 aromatic heterocycles. The maximum atomic E-state index is 9.67. The van der Waals surface area contributed by atoms with Gasteiger partial charge < -0.3 is 20.4 Å². The molecule has 4 heteroatoms. The summed E-state index contributed by atoms with van der Waals surface area (Å²) >= 11 is 0. The van der Waals surface area contributed by atoms with Crippen LogP contribution in [0.5, 0.6) is 23.0 Å². The summed E-state index contributed by atoms with van der Waals surface area (Å²) in [4.78, 5) is 0. The van der Waals surface area contributed by atoms with Crippen LogP contribution in [0.25, 0.3) is 0 Å². The zero-order valence-corrected chi connectivity index (χ0v) is 22.4. The number of phenols is 4. The standard InChI is InChI=1S/C21H26O2.C13H12O2/c1-15-12-20(2,3)14-21(13-15,16-4-8-18(22)9-5-16)17-6-10-19(23)11-7-17;14-12-5-1-10(2-6-12)9-11-3-7-13(15)8-4-11/h4-11,15,22-23H,12-14H2,1-3H3;1-8,14-15H,9H2. The quantitative estimate of drug-likeness (QED) is 0.225. The first-order valence-electron chi connectivity index (χ1n) is 13.2. The van der Waals surface area contributed by atoms with Crippen LogP contribution in [0, 0.1) is 11.3 Å². The summed E-state index contributed by atoms with van der Waals surface area (Å²) < 4.78 is 0. The van der Waals surface area contributed by atoms with E-state index in [1.165, 1.54) is 17.5 Å². The molecule has 1 aliphatic rings. The van der Waals surface area contributed by atoms with Crippen LogP contribution in [0.4, 0.5) is 0 Å². The Hall–Kier alpha value is -3.92. The van der Waals surface area contributed by atoms with Crippen molar-refractivity contribution in [1.82, 2.24) is 0 Å². The zero-order valence-electron chi connectivity index (χ0n) is 22.4. The molecule has 4 N–H and O–H groups in total. The largest absolute Gasteiger partial charge is 0.508 e. The van der Waals surface area contributed by atoms with E-state index < -0.39 is 0 Å². The molecule has 0 saturated heterocycles. The summed E-state index contributed by atoms with van der Waals surface area (Å²) in [7, 11) is 0. The van der Waals surface area contributed by atoms with Gasteiger partial charge in [0.2, 0.25) is 0 Å². The molecule has 1 fully saturated rings. The van der Waals surface area contributed by atoms with Crippen molar-refractivity contribution in [2.24, 2.45) is 11.3 Å². The van der Waals surface area contributed by atoms with E-state index in [0.29, 0.717) is 17.4 Å². The van der Waals surface area contributed by atoms with Gasteiger partial charge in [-0.05, 0) is 108 Å². The molecule has 0 bridgehead atoms. The lowest BCUT2D eigenvalue weighted by Crippen LogP contribution is -2.41. The molecule has 38 heavy (non-hydrogen) atoms. The molecule has 198 valence electrons. The number of rotatable bonds is 4. The van der Waals surface area contributed by atoms with E-state index in [9.17, 15) is 10.2 Å². The van der Waals surface area contributed by atoms with Crippen molar-refractivity contribution in [2.75, 3.05) is 0 Å². The van der Waals surface area contributed by atoms with Crippen molar-refractivity contribution in [3.05, 3.63) is 119 Å². The van der Waals surface area contributed by atoms with Gasteiger partial charge in [0.15, 0.2) is 0 Å². The molecule has 0 aliphatic heterocycles. The minimum atomic E-state index is -0.0669. The van der Waals surface area contributed by atoms with Crippen LogP contribution in [0.2, 0.25) is 0 Å². The van der Waals surface area contributed by atoms with Crippen molar-refractivity contribution in [2.45, 2.75) is 51.9 Å². The maximum Gasteiger partial charge on any atom is 0.115 e. The Morgan fingerprint density at radius 1 is 0.553 bits per heavy atom. The average molecular weight is 511 g/mol. The molecular weight excluding hydrogens is 472 g/mol. The Balaban J connectivity index is 0.000000194. The molecule has 1 atom stereocenters. The predicted octanol–water partition coefficient (Wildman–Crippen LogP) is 7.92. The second-order valence-corrected chi connectivity index (χ2v) is 11.5. The van der Waals surface area contributed by atoms with Crippen molar-refractivity contribution < 1.29 is 20.4 Å². The van der Waals surface area contributed by atoms with Crippen LogP contribution in [-0.4, -0.2) is 20.4 Å². The van der Waals surface area contributed by atoms with E-state index in [1.807, 2.05) is 24.3 Å². The monoisotopic (exact) mass is 510 g/mol. The van der Waals surface area contributed by atoms with Gasteiger partial charge >= 0.3 is 0 Å². The minimum Gasteiger partial charge on any atom is -0.508 e. The van der Waals surface area contributed by atoms with E-state index in [-0.39, 0.29) is 22.3 Å². The van der Waals surface area contributed by atoms with Gasteiger partial charge in [0.25, 0.3) is 0 Å². The fraction of sp³-hybridized carbons (Fsp3) is 0.294. The van der Waals surface area contributed by atoms with Crippen molar-refractivity contribution >= 4 is 0 Å². The summed E-state index contributed by atoms with van der Waals surface area (Å²) in [5.41, 5.74) is 4.97. The number of benzene rings is 4. The van der Waals surface area contributed by atoms with Gasteiger partial charge in [-0.15, -0.1) is 0 Å². The van der Waals surface area contributed by atoms with Crippen LogP contribution in [0.15, 0.2) is 97.1 Å². The minimum absolute atomic E-state index is 0.0669. The van der Waals surface area contributed by atoms with Gasteiger partial charge in [-0.25, -0.2) is 0 Å². The molecule has 0 spiro atoms. The van der Waals surface area contributed by atoms with E-state index in [2.05, 4.69) is 45.0 Å². The van der Waals surface area contributed by atoms with Crippen molar-refractivity contribution in [3.8, 4) is 23.0 Å². The molecule has 1 aliphatic carbocycles. The SMILES string of the molecule is CC1CC(C)(C)CC(c2ccc(O)cc2)(c2ccc(O)cc2)C1.Oc1ccc(Cc2ccc(O)cc2)cc1. The Morgan fingerprint density at radius 2 is 0.895 bits per heavy atom. The first kappa shape index (κ1) is 27.1. The third-order valence-corrected chi connectivity index (χ3v) is 7.50.